The van der Waals surface area contributed by atoms with Crippen LogP contribution in [0.5, 0.6) is 0 Å². The SMILES string of the molecule is CCc1ccc(NC(=O)Nc2ccc3sc(NS(=O)(=O)c4ccc(C)cc4)nc3c2)cc1. The van der Waals surface area contributed by atoms with E-state index in [0.29, 0.717) is 16.9 Å². The van der Waals surface area contributed by atoms with Gasteiger partial charge >= 0.3 is 6.03 Å². The van der Waals surface area contributed by atoms with Crippen LogP contribution in [0.1, 0.15) is 18.1 Å². The number of fused-ring (bicyclic) bond motifs is 1. The van der Waals surface area contributed by atoms with Crippen LogP contribution in [0.25, 0.3) is 10.2 Å². The summed E-state index contributed by atoms with van der Waals surface area (Å²) in [5.41, 5.74) is 4.01. The van der Waals surface area contributed by atoms with E-state index >= 15 is 0 Å². The van der Waals surface area contributed by atoms with Crippen LogP contribution >= 0.6 is 11.3 Å². The summed E-state index contributed by atoms with van der Waals surface area (Å²) in [4.78, 5) is 16.9. The largest absolute Gasteiger partial charge is 0.323 e. The lowest BCUT2D eigenvalue weighted by Gasteiger charge is -2.08. The summed E-state index contributed by atoms with van der Waals surface area (Å²) in [6.45, 7) is 3.97. The molecule has 1 aromatic heterocycles. The Labute approximate surface area is 190 Å². The summed E-state index contributed by atoms with van der Waals surface area (Å²) < 4.78 is 28.5. The fraction of sp³-hybridized carbons (Fsp3) is 0.130. The number of carbonyl (C=O) groups is 1. The maximum Gasteiger partial charge on any atom is 0.323 e. The molecule has 0 radical (unpaired) electrons. The standard InChI is InChI=1S/C23H22N4O3S2/c1-3-16-6-8-17(9-7-16)24-22(28)25-18-10-13-21-20(14-18)26-23(31-21)27-32(29,30)19-11-4-15(2)5-12-19/h4-14H,3H2,1-2H3,(H,26,27)(H2,24,25,28). The van der Waals surface area contributed by atoms with Gasteiger partial charge < -0.3 is 10.6 Å². The van der Waals surface area contributed by atoms with E-state index in [1.165, 1.54) is 16.9 Å². The Balaban J connectivity index is 1.46. The highest BCUT2D eigenvalue weighted by atomic mass is 32.2. The van der Waals surface area contributed by atoms with Crippen molar-refractivity contribution in [1.29, 1.82) is 0 Å². The van der Waals surface area contributed by atoms with E-state index in [1.807, 2.05) is 31.2 Å². The van der Waals surface area contributed by atoms with Crippen LogP contribution in [0, 0.1) is 6.92 Å². The molecule has 0 fully saturated rings. The molecular formula is C23H22N4O3S2. The quantitative estimate of drug-likeness (QED) is 0.344. The number of hydrogen-bond acceptors (Lipinski definition) is 5. The number of nitrogens with one attached hydrogen (secondary N) is 3. The second kappa shape index (κ2) is 8.97. The number of nitrogens with zero attached hydrogens (tertiary/aromatic N) is 1. The van der Waals surface area contributed by atoms with E-state index in [9.17, 15) is 13.2 Å². The Kier molecular flexibility index (Phi) is 6.11. The number of urea groups is 1. The highest BCUT2D eigenvalue weighted by Gasteiger charge is 2.16. The number of rotatable bonds is 6. The molecule has 2 amide bonds. The molecule has 4 aromatic rings. The molecule has 1 heterocycles. The minimum atomic E-state index is -3.73. The van der Waals surface area contributed by atoms with Crippen LogP contribution in [-0.2, 0) is 16.4 Å². The van der Waals surface area contributed by atoms with Crippen molar-refractivity contribution in [3.05, 3.63) is 77.9 Å². The molecule has 3 N–H and O–H groups in total. The first-order chi connectivity index (χ1) is 15.3. The second-order valence-electron chi connectivity index (χ2n) is 7.25. The zero-order chi connectivity index (χ0) is 22.7. The average molecular weight is 467 g/mol. The summed E-state index contributed by atoms with van der Waals surface area (Å²) in [7, 11) is -3.73. The van der Waals surface area contributed by atoms with E-state index in [4.69, 9.17) is 0 Å². The number of thiazole rings is 1. The Morgan fingerprint density at radius 1 is 0.938 bits per heavy atom. The van der Waals surface area contributed by atoms with Crippen molar-refractivity contribution in [3.8, 4) is 0 Å². The number of hydrogen-bond donors (Lipinski definition) is 3. The van der Waals surface area contributed by atoms with Crippen molar-refractivity contribution >= 4 is 54.1 Å². The maximum atomic E-state index is 12.6. The second-order valence-corrected chi connectivity index (χ2v) is 9.96. The highest BCUT2D eigenvalue weighted by molar-refractivity contribution is 7.93. The lowest BCUT2D eigenvalue weighted by Crippen LogP contribution is -2.19. The Morgan fingerprint density at radius 2 is 1.59 bits per heavy atom. The smallest absolute Gasteiger partial charge is 0.308 e. The van der Waals surface area contributed by atoms with Gasteiger partial charge in [0.2, 0.25) is 0 Å². The minimum Gasteiger partial charge on any atom is -0.308 e. The molecule has 0 aliphatic heterocycles. The molecule has 0 unspecified atom stereocenters. The number of aryl methyl sites for hydroxylation is 2. The van der Waals surface area contributed by atoms with Crippen LogP contribution in [0.15, 0.2) is 71.6 Å². The molecule has 0 bridgehead atoms. The van der Waals surface area contributed by atoms with Gasteiger partial charge in [0.1, 0.15) is 0 Å². The molecule has 9 heteroatoms. The van der Waals surface area contributed by atoms with Gasteiger partial charge in [-0.2, -0.15) is 0 Å². The summed E-state index contributed by atoms with van der Waals surface area (Å²) in [6.07, 6.45) is 0.934. The van der Waals surface area contributed by atoms with Gasteiger partial charge in [0, 0.05) is 11.4 Å². The van der Waals surface area contributed by atoms with Crippen LogP contribution in [0.3, 0.4) is 0 Å². The molecule has 3 aromatic carbocycles. The molecule has 0 atom stereocenters. The number of amides is 2. The molecule has 7 nitrogen and oxygen atoms in total. The first-order valence-electron chi connectivity index (χ1n) is 9.99. The number of sulfonamides is 1. The van der Waals surface area contributed by atoms with Crippen molar-refractivity contribution in [3.63, 3.8) is 0 Å². The van der Waals surface area contributed by atoms with Crippen LogP contribution in [0.4, 0.5) is 21.3 Å². The minimum absolute atomic E-state index is 0.174. The van der Waals surface area contributed by atoms with Gasteiger partial charge in [-0.25, -0.2) is 18.2 Å². The zero-order valence-electron chi connectivity index (χ0n) is 17.5. The van der Waals surface area contributed by atoms with Gasteiger partial charge in [-0.15, -0.1) is 0 Å². The summed E-state index contributed by atoms with van der Waals surface area (Å²) in [5, 5.41) is 5.83. The fourth-order valence-electron chi connectivity index (χ4n) is 3.06. The van der Waals surface area contributed by atoms with Crippen LogP contribution in [-0.4, -0.2) is 19.4 Å². The zero-order valence-corrected chi connectivity index (χ0v) is 19.2. The maximum absolute atomic E-state index is 12.6. The van der Waals surface area contributed by atoms with Gasteiger partial charge in [0.15, 0.2) is 5.13 Å². The normalized spacial score (nSPS) is 11.3. The van der Waals surface area contributed by atoms with E-state index in [-0.39, 0.29) is 16.1 Å². The van der Waals surface area contributed by atoms with E-state index < -0.39 is 10.0 Å². The Morgan fingerprint density at radius 3 is 2.28 bits per heavy atom. The van der Waals surface area contributed by atoms with Crippen molar-refractivity contribution < 1.29 is 13.2 Å². The lowest BCUT2D eigenvalue weighted by atomic mass is 10.1. The molecule has 0 aliphatic carbocycles. The molecule has 0 saturated carbocycles. The third-order valence-corrected chi connectivity index (χ3v) is 7.25. The highest BCUT2D eigenvalue weighted by Crippen LogP contribution is 2.29. The molecule has 0 aliphatic rings. The van der Waals surface area contributed by atoms with Gasteiger partial charge in [0.25, 0.3) is 10.0 Å². The monoisotopic (exact) mass is 466 g/mol. The summed E-state index contributed by atoms with van der Waals surface area (Å²) in [6, 6.07) is 19.1. The van der Waals surface area contributed by atoms with E-state index in [1.54, 1.807) is 42.5 Å². The third kappa shape index (κ3) is 5.06. The predicted molar refractivity (Wildman–Crippen MR) is 130 cm³/mol. The molecule has 4 rings (SSSR count). The van der Waals surface area contributed by atoms with Crippen molar-refractivity contribution in [2.45, 2.75) is 25.2 Å². The Hall–Kier alpha value is -3.43. The van der Waals surface area contributed by atoms with E-state index in [2.05, 4.69) is 27.3 Å². The molecule has 32 heavy (non-hydrogen) atoms. The number of benzene rings is 3. The summed E-state index contributed by atoms with van der Waals surface area (Å²) >= 11 is 1.23. The van der Waals surface area contributed by atoms with Gasteiger partial charge in [-0.3, -0.25) is 4.72 Å². The average Bonchev–Trinajstić information content (AvgIpc) is 3.15. The first-order valence-corrected chi connectivity index (χ1v) is 12.3. The van der Waals surface area contributed by atoms with Crippen LogP contribution < -0.4 is 15.4 Å². The van der Waals surface area contributed by atoms with Crippen molar-refractivity contribution in [2.24, 2.45) is 0 Å². The third-order valence-electron chi connectivity index (χ3n) is 4.82. The van der Waals surface area contributed by atoms with Gasteiger partial charge in [-0.1, -0.05) is 48.1 Å². The Bertz CT molecular complexity index is 1360. The summed E-state index contributed by atoms with van der Waals surface area (Å²) in [5.74, 6) is 0. The fourth-order valence-corrected chi connectivity index (χ4v) is 5.14. The lowest BCUT2D eigenvalue weighted by molar-refractivity contribution is 0.262. The molecule has 0 spiro atoms. The topological polar surface area (TPSA) is 100 Å². The number of anilines is 3. The van der Waals surface area contributed by atoms with Crippen LogP contribution in [0.2, 0.25) is 0 Å². The van der Waals surface area contributed by atoms with Crippen molar-refractivity contribution in [1.82, 2.24) is 4.98 Å². The van der Waals surface area contributed by atoms with Gasteiger partial charge in [-0.05, 0) is 61.4 Å². The molecule has 164 valence electrons. The molecular weight excluding hydrogens is 444 g/mol. The number of carbonyl (C=O) groups excluding carboxylic acids is 1. The van der Waals surface area contributed by atoms with Crippen molar-refractivity contribution in [2.75, 3.05) is 15.4 Å². The predicted octanol–water partition coefficient (Wildman–Crippen LogP) is 5.61. The van der Waals surface area contributed by atoms with Gasteiger partial charge in [0.05, 0.1) is 15.1 Å². The molecule has 0 saturated heterocycles. The van der Waals surface area contributed by atoms with E-state index in [0.717, 1.165) is 16.7 Å². The first kappa shape index (κ1) is 21.8. The number of aromatic nitrogens is 1.